The van der Waals surface area contributed by atoms with Crippen molar-refractivity contribution in [2.24, 2.45) is 11.7 Å². The van der Waals surface area contributed by atoms with Gasteiger partial charge in [0, 0.05) is 11.6 Å². The monoisotopic (exact) mass is 290 g/mol. The van der Waals surface area contributed by atoms with E-state index in [2.05, 4.69) is 5.32 Å². The Balaban J connectivity index is 2.06. The van der Waals surface area contributed by atoms with Crippen LogP contribution in [0, 0.1) is 5.92 Å². The van der Waals surface area contributed by atoms with Crippen LogP contribution in [0.2, 0.25) is 0 Å². The molecule has 0 saturated heterocycles. The van der Waals surface area contributed by atoms with E-state index in [1.54, 1.807) is 0 Å². The van der Waals surface area contributed by atoms with E-state index in [-0.39, 0.29) is 30.0 Å². The van der Waals surface area contributed by atoms with Crippen molar-refractivity contribution in [3.05, 3.63) is 29.8 Å². The normalized spacial score (nSPS) is 23.1. The molecule has 1 saturated carbocycles. The van der Waals surface area contributed by atoms with Crippen molar-refractivity contribution in [1.82, 2.24) is 5.32 Å². The smallest absolute Gasteiger partial charge is 0.225 e. The molecule has 3 unspecified atom stereocenters. The van der Waals surface area contributed by atoms with E-state index in [1.807, 2.05) is 45.0 Å². The largest absolute Gasteiger partial charge is 0.491 e. The number of rotatable bonds is 5. The first-order valence-electron chi connectivity index (χ1n) is 7.80. The van der Waals surface area contributed by atoms with Crippen molar-refractivity contribution in [1.29, 1.82) is 0 Å². The SMILES string of the molecule is CC(C)Oc1ccccc1C(C)NC(=O)C1CCCC1N. The lowest BCUT2D eigenvalue weighted by molar-refractivity contribution is -0.125. The van der Waals surface area contributed by atoms with Crippen LogP contribution in [0.25, 0.3) is 0 Å². The molecule has 1 aromatic rings. The Kier molecular flexibility index (Phi) is 5.23. The van der Waals surface area contributed by atoms with Crippen LogP contribution in [0.1, 0.15) is 51.6 Å². The van der Waals surface area contributed by atoms with Crippen molar-refractivity contribution < 1.29 is 9.53 Å². The number of ether oxygens (including phenoxy) is 1. The van der Waals surface area contributed by atoms with E-state index >= 15 is 0 Å². The highest BCUT2D eigenvalue weighted by Crippen LogP contribution is 2.28. The minimum Gasteiger partial charge on any atom is -0.491 e. The lowest BCUT2D eigenvalue weighted by Crippen LogP contribution is -2.39. The van der Waals surface area contributed by atoms with E-state index in [0.717, 1.165) is 30.6 Å². The lowest BCUT2D eigenvalue weighted by Gasteiger charge is -2.22. The topological polar surface area (TPSA) is 64.3 Å². The van der Waals surface area contributed by atoms with Crippen LogP contribution >= 0.6 is 0 Å². The predicted octanol–water partition coefficient (Wildman–Crippen LogP) is 2.78. The van der Waals surface area contributed by atoms with Gasteiger partial charge >= 0.3 is 0 Å². The summed E-state index contributed by atoms with van der Waals surface area (Å²) in [6.07, 6.45) is 2.99. The van der Waals surface area contributed by atoms with Crippen LogP contribution in [-0.4, -0.2) is 18.1 Å². The number of carbonyl (C=O) groups excluding carboxylic acids is 1. The van der Waals surface area contributed by atoms with Gasteiger partial charge in [-0.3, -0.25) is 4.79 Å². The van der Waals surface area contributed by atoms with Crippen LogP contribution in [0.5, 0.6) is 5.75 Å². The van der Waals surface area contributed by atoms with Gasteiger partial charge in [-0.25, -0.2) is 0 Å². The molecule has 2 rings (SSSR count). The molecule has 0 aromatic heterocycles. The zero-order valence-electron chi connectivity index (χ0n) is 13.1. The van der Waals surface area contributed by atoms with Crippen molar-refractivity contribution in [2.45, 2.75) is 58.2 Å². The third-order valence-corrected chi connectivity index (χ3v) is 4.01. The molecule has 0 heterocycles. The Labute approximate surface area is 127 Å². The highest BCUT2D eigenvalue weighted by Gasteiger charge is 2.31. The van der Waals surface area contributed by atoms with Crippen LogP contribution < -0.4 is 15.8 Å². The van der Waals surface area contributed by atoms with E-state index in [9.17, 15) is 4.79 Å². The van der Waals surface area contributed by atoms with Crippen LogP contribution in [0.4, 0.5) is 0 Å². The second kappa shape index (κ2) is 6.94. The van der Waals surface area contributed by atoms with Crippen molar-refractivity contribution >= 4 is 5.91 Å². The van der Waals surface area contributed by atoms with Gasteiger partial charge in [0.2, 0.25) is 5.91 Å². The summed E-state index contributed by atoms with van der Waals surface area (Å²) in [7, 11) is 0. The molecule has 3 N–H and O–H groups in total. The minimum absolute atomic E-state index is 0.000595. The molecule has 116 valence electrons. The summed E-state index contributed by atoms with van der Waals surface area (Å²) in [6.45, 7) is 5.98. The molecular weight excluding hydrogens is 264 g/mol. The van der Waals surface area contributed by atoms with Gasteiger partial charge in [0.25, 0.3) is 0 Å². The fourth-order valence-corrected chi connectivity index (χ4v) is 2.91. The Bertz CT molecular complexity index is 487. The second-order valence-electron chi connectivity index (χ2n) is 6.14. The van der Waals surface area contributed by atoms with E-state index < -0.39 is 0 Å². The van der Waals surface area contributed by atoms with Gasteiger partial charge in [-0.1, -0.05) is 24.6 Å². The molecular formula is C17H26N2O2. The molecule has 4 heteroatoms. The fourth-order valence-electron chi connectivity index (χ4n) is 2.91. The maximum Gasteiger partial charge on any atom is 0.225 e. The van der Waals surface area contributed by atoms with E-state index in [1.165, 1.54) is 0 Å². The molecule has 1 fully saturated rings. The average molecular weight is 290 g/mol. The molecule has 0 aliphatic heterocycles. The van der Waals surface area contributed by atoms with Gasteiger partial charge < -0.3 is 15.8 Å². The minimum atomic E-state index is -0.0831. The van der Waals surface area contributed by atoms with Crippen LogP contribution in [-0.2, 0) is 4.79 Å². The third kappa shape index (κ3) is 3.97. The molecule has 1 amide bonds. The maximum absolute atomic E-state index is 12.3. The van der Waals surface area contributed by atoms with Gasteiger partial charge in [0.15, 0.2) is 0 Å². The third-order valence-electron chi connectivity index (χ3n) is 4.01. The van der Waals surface area contributed by atoms with Gasteiger partial charge in [0.1, 0.15) is 5.75 Å². The van der Waals surface area contributed by atoms with Crippen molar-refractivity contribution in [3.8, 4) is 5.75 Å². The van der Waals surface area contributed by atoms with E-state index in [4.69, 9.17) is 10.5 Å². The first-order chi connectivity index (χ1) is 9.99. The number of carbonyl (C=O) groups is 1. The van der Waals surface area contributed by atoms with Crippen LogP contribution in [0.15, 0.2) is 24.3 Å². The average Bonchev–Trinajstić information content (AvgIpc) is 2.85. The predicted molar refractivity (Wildman–Crippen MR) is 84.1 cm³/mol. The number of para-hydroxylation sites is 1. The Hall–Kier alpha value is -1.55. The van der Waals surface area contributed by atoms with Crippen molar-refractivity contribution in [3.63, 3.8) is 0 Å². The lowest BCUT2D eigenvalue weighted by atomic mass is 10.0. The Morgan fingerprint density at radius 3 is 2.62 bits per heavy atom. The highest BCUT2D eigenvalue weighted by molar-refractivity contribution is 5.80. The molecule has 0 radical (unpaired) electrons. The first-order valence-corrected chi connectivity index (χ1v) is 7.80. The number of hydrogen-bond donors (Lipinski definition) is 2. The molecule has 1 aliphatic rings. The number of nitrogens with two attached hydrogens (primary N) is 1. The zero-order chi connectivity index (χ0) is 15.4. The van der Waals surface area contributed by atoms with Crippen LogP contribution in [0.3, 0.4) is 0 Å². The first kappa shape index (κ1) is 15.8. The molecule has 0 bridgehead atoms. The summed E-state index contributed by atoms with van der Waals surface area (Å²) >= 11 is 0. The quantitative estimate of drug-likeness (QED) is 0.876. The summed E-state index contributed by atoms with van der Waals surface area (Å²) in [4.78, 5) is 12.3. The van der Waals surface area contributed by atoms with Crippen molar-refractivity contribution in [2.75, 3.05) is 0 Å². The molecule has 0 spiro atoms. The Morgan fingerprint density at radius 2 is 2.00 bits per heavy atom. The van der Waals surface area contributed by atoms with Gasteiger partial charge in [0.05, 0.1) is 18.1 Å². The maximum atomic E-state index is 12.3. The molecule has 3 atom stereocenters. The molecule has 1 aromatic carbocycles. The number of nitrogens with one attached hydrogen (secondary N) is 1. The van der Waals surface area contributed by atoms with Gasteiger partial charge in [-0.05, 0) is 39.7 Å². The standard InChI is InChI=1S/C17H26N2O2/c1-11(2)21-16-10-5-4-7-13(16)12(3)19-17(20)14-8-6-9-15(14)18/h4-5,7,10-12,14-15H,6,8-9,18H2,1-3H3,(H,19,20). The number of amides is 1. The molecule has 21 heavy (non-hydrogen) atoms. The zero-order valence-corrected chi connectivity index (χ0v) is 13.1. The summed E-state index contributed by atoms with van der Waals surface area (Å²) in [5.41, 5.74) is 7.01. The summed E-state index contributed by atoms with van der Waals surface area (Å²) < 4.78 is 5.82. The Morgan fingerprint density at radius 1 is 1.29 bits per heavy atom. The fraction of sp³-hybridized carbons (Fsp3) is 0.588. The number of hydrogen-bond acceptors (Lipinski definition) is 3. The molecule has 1 aliphatic carbocycles. The second-order valence-corrected chi connectivity index (χ2v) is 6.14. The summed E-state index contributed by atoms with van der Waals surface area (Å²) in [6, 6.07) is 7.77. The van der Waals surface area contributed by atoms with E-state index in [0.29, 0.717) is 0 Å². The molecule has 4 nitrogen and oxygen atoms in total. The summed E-state index contributed by atoms with van der Waals surface area (Å²) in [5, 5.41) is 3.08. The highest BCUT2D eigenvalue weighted by atomic mass is 16.5. The van der Waals surface area contributed by atoms with Gasteiger partial charge in [-0.15, -0.1) is 0 Å². The van der Waals surface area contributed by atoms with Gasteiger partial charge in [-0.2, -0.15) is 0 Å². The number of benzene rings is 1. The summed E-state index contributed by atoms with van der Waals surface area (Å²) in [5.74, 6) is 0.841.